The third-order valence-corrected chi connectivity index (χ3v) is 5.12. The molecule has 1 heterocycles. The Morgan fingerprint density at radius 2 is 1.81 bits per heavy atom. The first-order valence-electron chi connectivity index (χ1n) is 8.28. The van der Waals surface area contributed by atoms with Gasteiger partial charge in [-0.2, -0.15) is 0 Å². The van der Waals surface area contributed by atoms with E-state index in [0.29, 0.717) is 10.7 Å². The molecule has 140 valence electrons. The predicted molar refractivity (Wildman–Crippen MR) is 104 cm³/mol. The minimum atomic E-state index is -0.580. The second kappa shape index (κ2) is 7.98. The number of hydrogen-bond donors (Lipinski definition) is 2. The molecule has 2 aromatic rings. The summed E-state index contributed by atoms with van der Waals surface area (Å²) >= 11 is 12.1. The van der Waals surface area contributed by atoms with Crippen LogP contribution < -0.4 is 15.8 Å². The Morgan fingerprint density at radius 1 is 1.07 bits per heavy atom. The fourth-order valence-corrected chi connectivity index (χ4v) is 3.21. The van der Waals surface area contributed by atoms with E-state index in [9.17, 15) is 14.4 Å². The lowest BCUT2D eigenvalue weighted by Gasteiger charge is -2.17. The summed E-state index contributed by atoms with van der Waals surface area (Å²) in [5.41, 5.74) is 6.49. The van der Waals surface area contributed by atoms with Crippen LogP contribution in [0.3, 0.4) is 0 Å². The van der Waals surface area contributed by atoms with Gasteiger partial charge in [-0.05, 0) is 36.8 Å². The Bertz CT molecular complexity index is 917. The van der Waals surface area contributed by atoms with Gasteiger partial charge >= 0.3 is 0 Å². The van der Waals surface area contributed by atoms with Crippen LogP contribution in [0.4, 0.5) is 5.69 Å². The summed E-state index contributed by atoms with van der Waals surface area (Å²) in [6, 6.07) is 11.8. The lowest BCUT2D eigenvalue weighted by molar-refractivity contribution is -0.126. The molecule has 0 bridgehead atoms. The van der Waals surface area contributed by atoms with Gasteiger partial charge in [-0.1, -0.05) is 41.4 Å². The standard InChI is InChI=1S/C19H17Cl2N3O3/c1-11-6-7-13(9-16(11)21)24-10-12(8-17(24)25)18(26)22-23-19(27)14-4-2-3-5-15(14)20/h2-7,9,12H,8,10H2,1H3,(H,22,26)(H,23,27)/t12-/m1/s1. The Morgan fingerprint density at radius 3 is 2.52 bits per heavy atom. The molecule has 1 aliphatic rings. The second-order valence-corrected chi connectivity index (χ2v) is 7.08. The van der Waals surface area contributed by atoms with Crippen molar-refractivity contribution in [1.82, 2.24) is 10.9 Å². The number of nitrogens with zero attached hydrogens (tertiary/aromatic N) is 1. The van der Waals surface area contributed by atoms with Crippen molar-refractivity contribution in [3.05, 3.63) is 63.6 Å². The molecule has 6 nitrogen and oxygen atoms in total. The number of halogens is 2. The van der Waals surface area contributed by atoms with Gasteiger partial charge in [0, 0.05) is 23.7 Å². The smallest absolute Gasteiger partial charge is 0.271 e. The van der Waals surface area contributed by atoms with Crippen molar-refractivity contribution in [2.24, 2.45) is 5.92 Å². The minimum absolute atomic E-state index is 0.0549. The van der Waals surface area contributed by atoms with Crippen molar-refractivity contribution in [2.45, 2.75) is 13.3 Å². The zero-order valence-corrected chi connectivity index (χ0v) is 16.0. The predicted octanol–water partition coefficient (Wildman–Crippen LogP) is 3.12. The summed E-state index contributed by atoms with van der Waals surface area (Å²) in [6.07, 6.45) is 0.0549. The van der Waals surface area contributed by atoms with Gasteiger partial charge in [-0.3, -0.25) is 25.2 Å². The highest BCUT2D eigenvalue weighted by molar-refractivity contribution is 6.33. The summed E-state index contributed by atoms with van der Waals surface area (Å²) in [5, 5.41) is 0.836. The normalized spacial score (nSPS) is 16.3. The van der Waals surface area contributed by atoms with Crippen LogP contribution in [-0.2, 0) is 9.59 Å². The van der Waals surface area contributed by atoms with E-state index in [2.05, 4.69) is 10.9 Å². The maximum atomic E-state index is 12.3. The SMILES string of the molecule is Cc1ccc(N2C[C@H](C(=O)NNC(=O)c3ccccc3Cl)CC2=O)cc1Cl. The number of anilines is 1. The molecule has 1 fully saturated rings. The second-order valence-electron chi connectivity index (χ2n) is 6.26. The maximum Gasteiger partial charge on any atom is 0.271 e. The molecular weight excluding hydrogens is 389 g/mol. The molecule has 3 rings (SSSR count). The van der Waals surface area contributed by atoms with Crippen molar-refractivity contribution >= 4 is 46.6 Å². The van der Waals surface area contributed by atoms with Gasteiger partial charge in [-0.15, -0.1) is 0 Å². The van der Waals surface area contributed by atoms with Crippen LogP contribution >= 0.6 is 23.2 Å². The Kier molecular flexibility index (Phi) is 5.68. The summed E-state index contributed by atoms with van der Waals surface area (Å²) in [5.74, 6) is -1.72. The lowest BCUT2D eigenvalue weighted by Crippen LogP contribution is -2.45. The van der Waals surface area contributed by atoms with Crippen molar-refractivity contribution < 1.29 is 14.4 Å². The fourth-order valence-electron chi connectivity index (χ4n) is 2.82. The highest BCUT2D eigenvalue weighted by atomic mass is 35.5. The largest absolute Gasteiger partial charge is 0.312 e. The van der Waals surface area contributed by atoms with Crippen LogP contribution in [0.2, 0.25) is 10.0 Å². The van der Waals surface area contributed by atoms with Crippen molar-refractivity contribution in [3.8, 4) is 0 Å². The molecule has 27 heavy (non-hydrogen) atoms. The molecular formula is C19H17Cl2N3O3. The van der Waals surface area contributed by atoms with E-state index in [1.807, 2.05) is 13.0 Å². The molecule has 2 N–H and O–H groups in total. The summed E-state index contributed by atoms with van der Waals surface area (Å²) in [7, 11) is 0. The molecule has 1 saturated heterocycles. The molecule has 2 aromatic carbocycles. The van der Waals surface area contributed by atoms with Crippen LogP contribution in [0, 0.1) is 12.8 Å². The van der Waals surface area contributed by atoms with Crippen LogP contribution in [0.25, 0.3) is 0 Å². The molecule has 1 atom stereocenters. The van der Waals surface area contributed by atoms with E-state index in [0.717, 1.165) is 5.56 Å². The number of hydrazine groups is 1. The third-order valence-electron chi connectivity index (χ3n) is 4.38. The summed E-state index contributed by atoms with van der Waals surface area (Å²) in [6.45, 7) is 2.09. The summed E-state index contributed by atoms with van der Waals surface area (Å²) in [4.78, 5) is 38.3. The zero-order valence-electron chi connectivity index (χ0n) is 14.5. The molecule has 0 saturated carbocycles. The monoisotopic (exact) mass is 405 g/mol. The number of carbonyl (C=O) groups is 3. The molecule has 1 aliphatic heterocycles. The van der Waals surface area contributed by atoms with Crippen LogP contribution in [0.1, 0.15) is 22.3 Å². The highest BCUT2D eigenvalue weighted by Crippen LogP contribution is 2.28. The topological polar surface area (TPSA) is 78.5 Å². The third kappa shape index (κ3) is 4.23. The van der Waals surface area contributed by atoms with Gasteiger partial charge in [0.25, 0.3) is 5.91 Å². The number of carbonyl (C=O) groups excluding carboxylic acids is 3. The van der Waals surface area contributed by atoms with E-state index in [1.165, 1.54) is 4.90 Å². The Balaban J connectivity index is 1.61. The average Bonchev–Trinajstić information content (AvgIpc) is 3.04. The van der Waals surface area contributed by atoms with E-state index < -0.39 is 17.7 Å². The number of hydrogen-bond acceptors (Lipinski definition) is 3. The number of amides is 3. The minimum Gasteiger partial charge on any atom is -0.312 e. The molecule has 0 aliphatic carbocycles. The molecule has 0 spiro atoms. The van der Waals surface area contributed by atoms with Gasteiger partial charge in [0.05, 0.1) is 16.5 Å². The van der Waals surface area contributed by atoms with Gasteiger partial charge < -0.3 is 4.90 Å². The van der Waals surface area contributed by atoms with E-state index in [-0.39, 0.29) is 29.5 Å². The van der Waals surface area contributed by atoms with Crippen LogP contribution in [0.15, 0.2) is 42.5 Å². The Labute approximate surface area is 166 Å². The maximum absolute atomic E-state index is 12.3. The van der Waals surface area contributed by atoms with E-state index in [1.54, 1.807) is 36.4 Å². The number of rotatable bonds is 3. The van der Waals surface area contributed by atoms with Gasteiger partial charge in [-0.25, -0.2) is 0 Å². The van der Waals surface area contributed by atoms with Crippen LogP contribution in [0.5, 0.6) is 0 Å². The highest BCUT2D eigenvalue weighted by Gasteiger charge is 2.35. The average molecular weight is 406 g/mol. The van der Waals surface area contributed by atoms with Gasteiger partial charge in [0.2, 0.25) is 11.8 Å². The Hall–Kier alpha value is -2.57. The first-order chi connectivity index (χ1) is 12.9. The first-order valence-corrected chi connectivity index (χ1v) is 9.03. The van der Waals surface area contributed by atoms with E-state index in [4.69, 9.17) is 23.2 Å². The lowest BCUT2D eigenvalue weighted by atomic mass is 10.1. The van der Waals surface area contributed by atoms with Gasteiger partial charge in [0.15, 0.2) is 0 Å². The van der Waals surface area contributed by atoms with Crippen LogP contribution in [-0.4, -0.2) is 24.3 Å². The number of nitrogens with one attached hydrogen (secondary N) is 2. The van der Waals surface area contributed by atoms with Crippen molar-refractivity contribution in [2.75, 3.05) is 11.4 Å². The zero-order chi connectivity index (χ0) is 19.6. The summed E-state index contributed by atoms with van der Waals surface area (Å²) < 4.78 is 0. The van der Waals surface area contributed by atoms with Gasteiger partial charge in [0.1, 0.15) is 0 Å². The molecule has 3 amide bonds. The first kappa shape index (κ1) is 19.2. The molecule has 0 radical (unpaired) electrons. The number of aryl methyl sites for hydroxylation is 1. The number of benzene rings is 2. The molecule has 0 unspecified atom stereocenters. The van der Waals surface area contributed by atoms with Crippen molar-refractivity contribution in [1.29, 1.82) is 0 Å². The van der Waals surface area contributed by atoms with Crippen molar-refractivity contribution in [3.63, 3.8) is 0 Å². The molecule has 8 heteroatoms. The van der Waals surface area contributed by atoms with E-state index >= 15 is 0 Å². The fraction of sp³-hybridized carbons (Fsp3) is 0.211. The quantitative estimate of drug-likeness (QED) is 0.769. The molecule has 0 aromatic heterocycles.